The molecule has 0 aromatic rings. The van der Waals surface area contributed by atoms with Crippen LogP contribution in [0.4, 0.5) is 0 Å². The summed E-state index contributed by atoms with van der Waals surface area (Å²) in [6, 6.07) is 0. The number of aliphatic hydroxyl groups excluding tert-OH is 1. The molecule has 0 amide bonds. The Kier molecular flexibility index (Phi) is 6.87. The summed E-state index contributed by atoms with van der Waals surface area (Å²) in [4.78, 5) is 0. The Bertz CT molecular complexity index is 754. The Labute approximate surface area is 216 Å². The molecule has 7 aliphatic rings. The summed E-state index contributed by atoms with van der Waals surface area (Å²) >= 11 is 0. The summed E-state index contributed by atoms with van der Waals surface area (Å²) in [7, 11) is 0. The van der Waals surface area contributed by atoms with Crippen molar-refractivity contribution in [3.63, 3.8) is 0 Å². The van der Waals surface area contributed by atoms with E-state index in [1.807, 2.05) is 0 Å². The molecular weight excluding hydrogens is 424 g/mol. The minimum Gasteiger partial charge on any atom is -0.393 e. The highest BCUT2D eigenvalue weighted by Crippen LogP contribution is 2.61. The molecule has 0 bridgehead atoms. The van der Waals surface area contributed by atoms with Gasteiger partial charge in [0.05, 0.1) is 6.10 Å². The molecule has 7 rings (SSSR count). The average Bonchev–Trinajstić information content (AvgIpc) is 2.93. The van der Waals surface area contributed by atoms with E-state index in [1.165, 1.54) is 122 Å². The maximum atomic E-state index is 12.0. The minimum atomic E-state index is 0.0183. The van der Waals surface area contributed by atoms with E-state index in [9.17, 15) is 5.11 Å². The van der Waals surface area contributed by atoms with E-state index in [0.717, 1.165) is 59.2 Å². The second kappa shape index (κ2) is 10.1. The van der Waals surface area contributed by atoms with Crippen LogP contribution in [0.5, 0.6) is 0 Å². The van der Waals surface area contributed by atoms with E-state index in [1.54, 1.807) is 0 Å². The van der Waals surface area contributed by atoms with Gasteiger partial charge in [0.25, 0.3) is 0 Å². The number of hydrogen-bond donors (Lipinski definition) is 1. The highest BCUT2D eigenvalue weighted by Gasteiger charge is 2.56. The average molecular weight is 479 g/mol. The van der Waals surface area contributed by atoms with Gasteiger partial charge < -0.3 is 5.11 Å². The van der Waals surface area contributed by atoms with Gasteiger partial charge in [-0.25, -0.2) is 0 Å². The zero-order valence-corrected chi connectivity index (χ0v) is 22.5. The SMILES string of the molecule is O[C@@H]1C2CCCCC2C(C2C=CCC3CCCCC32)[C@@H]2CCC([C@H]3CCCC4CCCCC43)CC12. The van der Waals surface area contributed by atoms with Gasteiger partial charge in [0.15, 0.2) is 0 Å². The zero-order chi connectivity index (χ0) is 23.4. The van der Waals surface area contributed by atoms with Crippen molar-refractivity contribution in [2.45, 2.75) is 128 Å². The molecule has 1 heteroatoms. The molecule has 0 aromatic carbocycles. The van der Waals surface area contributed by atoms with E-state index in [-0.39, 0.29) is 6.10 Å². The van der Waals surface area contributed by atoms with Crippen LogP contribution in [-0.2, 0) is 0 Å². The van der Waals surface area contributed by atoms with Crippen molar-refractivity contribution in [2.75, 3.05) is 0 Å². The smallest absolute Gasteiger partial charge is 0.0602 e. The van der Waals surface area contributed by atoms with Crippen molar-refractivity contribution in [1.82, 2.24) is 0 Å². The van der Waals surface area contributed by atoms with Gasteiger partial charge >= 0.3 is 0 Å². The van der Waals surface area contributed by atoms with Crippen molar-refractivity contribution in [2.24, 2.45) is 71.0 Å². The molecule has 6 saturated carbocycles. The van der Waals surface area contributed by atoms with Crippen molar-refractivity contribution in [3.05, 3.63) is 12.2 Å². The molecule has 10 unspecified atom stereocenters. The molecule has 6 fully saturated rings. The van der Waals surface area contributed by atoms with Crippen molar-refractivity contribution >= 4 is 0 Å². The monoisotopic (exact) mass is 478 g/mol. The van der Waals surface area contributed by atoms with Gasteiger partial charge in [0, 0.05) is 0 Å². The van der Waals surface area contributed by atoms with Crippen LogP contribution in [0.15, 0.2) is 12.2 Å². The first kappa shape index (κ1) is 23.8. The van der Waals surface area contributed by atoms with Crippen LogP contribution < -0.4 is 0 Å². The van der Waals surface area contributed by atoms with E-state index in [4.69, 9.17) is 0 Å². The molecule has 35 heavy (non-hydrogen) atoms. The van der Waals surface area contributed by atoms with Crippen molar-refractivity contribution in [3.8, 4) is 0 Å². The first-order valence-corrected chi connectivity index (χ1v) is 16.6. The van der Waals surface area contributed by atoms with Gasteiger partial charge in [0.2, 0.25) is 0 Å². The van der Waals surface area contributed by atoms with Gasteiger partial charge in [-0.05, 0) is 135 Å². The lowest BCUT2D eigenvalue weighted by molar-refractivity contribution is -0.143. The zero-order valence-electron chi connectivity index (χ0n) is 22.5. The van der Waals surface area contributed by atoms with Crippen LogP contribution in [0.3, 0.4) is 0 Å². The normalized spacial score (nSPS) is 54.1. The van der Waals surface area contributed by atoms with Crippen LogP contribution in [0.25, 0.3) is 0 Å². The Morgan fingerprint density at radius 3 is 1.91 bits per heavy atom. The number of allylic oxidation sites excluding steroid dienone is 2. The predicted molar refractivity (Wildman–Crippen MR) is 145 cm³/mol. The summed E-state index contributed by atoms with van der Waals surface area (Å²) < 4.78 is 0. The van der Waals surface area contributed by atoms with Gasteiger partial charge in [-0.15, -0.1) is 0 Å². The second-order valence-electron chi connectivity index (χ2n) is 14.8. The summed E-state index contributed by atoms with van der Waals surface area (Å²) in [5, 5.41) is 12.0. The molecule has 0 radical (unpaired) electrons. The van der Waals surface area contributed by atoms with Crippen molar-refractivity contribution < 1.29 is 5.11 Å². The number of aliphatic hydroxyl groups is 1. The highest BCUT2D eigenvalue weighted by atomic mass is 16.3. The van der Waals surface area contributed by atoms with Gasteiger partial charge in [-0.3, -0.25) is 0 Å². The number of hydrogen-bond acceptors (Lipinski definition) is 1. The summed E-state index contributed by atoms with van der Waals surface area (Å²) in [6.07, 6.45) is 33.2. The molecule has 13 atom stereocenters. The summed E-state index contributed by atoms with van der Waals surface area (Å²) in [6.45, 7) is 0. The molecule has 1 N–H and O–H groups in total. The Hall–Kier alpha value is -0.300. The van der Waals surface area contributed by atoms with E-state index in [2.05, 4.69) is 12.2 Å². The fraction of sp³-hybridized carbons (Fsp3) is 0.941. The van der Waals surface area contributed by atoms with Crippen LogP contribution in [0.2, 0.25) is 0 Å². The first-order valence-electron chi connectivity index (χ1n) is 16.6. The van der Waals surface area contributed by atoms with Crippen LogP contribution in [-0.4, -0.2) is 11.2 Å². The fourth-order valence-electron chi connectivity index (χ4n) is 12.4. The Morgan fingerprint density at radius 2 is 1.06 bits per heavy atom. The maximum absolute atomic E-state index is 12.0. The molecule has 0 spiro atoms. The molecule has 1 nitrogen and oxygen atoms in total. The highest BCUT2D eigenvalue weighted by molar-refractivity contribution is 5.11. The number of rotatable bonds is 2. The predicted octanol–water partition coefficient (Wildman–Crippen LogP) is 8.81. The lowest BCUT2D eigenvalue weighted by Gasteiger charge is -2.59. The third kappa shape index (κ3) is 4.21. The van der Waals surface area contributed by atoms with Crippen molar-refractivity contribution in [1.29, 1.82) is 0 Å². The van der Waals surface area contributed by atoms with Crippen LogP contribution >= 0.6 is 0 Å². The second-order valence-corrected chi connectivity index (χ2v) is 14.8. The number of fused-ring (bicyclic) bond motifs is 4. The Morgan fingerprint density at radius 1 is 0.457 bits per heavy atom. The molecule has 7 aliphatic carbocycles. The first-order chi connectivity index (χ1) is 17.3. The molecular formula is C34H54O. The van der Waals surface area contributed by atoms with E-state index < -0.39 is 0 Å². The fourth-order valence-corrected chi connectivity index (χ4v) is 12.4. The standard InChI is InChI=1S/C34H54O/c35-34-31-16-6-5-15-29(31)33(28-18-8-12-23-10-2-4-14-26(23)28)30-20-19-24(21-32(30)34)27-17-7-11-22-9-1-3-13-25(22)27/h8,18,22-35H,1-7,9-17,19-21H2/t22?,23?,24?,25?,26?,27-,28?,29?,30-,31?,32?,33?,34-/m1/s1. The quantitative estimate of drug-likeness (QED) is 0.393. The van der Waals surface area contributed by atoms with Crippen LogP contribution in [0.1, 0.15) is 122 Å². The topological polar surface area (TPSA) is 20.2 Å². The third-order valence-electron chi connectivity index (χ3n) is 13.7. The van der Waals surface area contributed by atoms with E-state index >= 15 is 0 Å². The Balaban J connectivity index is 1.16. The largest absolute Gasteiger partial charge is 0.393 e. The minimum absolute atomic E-state index is 0.0183. The summed E-state index contributed by atoms with van der Waals surface area (Å²) in [5.74, 6) is 10.6. The molecule has 0 aliphatic heterocycles. The molecule has 0 saturated heterocycles. The van der Waals surface area contributed by atoms with Gasteiger partial charge in [0.1, 0.15) is 0 Å². The molecule has 0 aromatic heterocycles. The summed E-state index contributed by atoms with van der Waals surface area (Å²) in [5.41, 5.74) is 0. The van der Waals surface area contributed by atoms with Crippen LogP contribution in [0, 0.1) is 71.0 Å². The van der Waals surface area contributed by atoms with Gasteiger partial charge in [-0.1, -0.05) is 69.9 Å². The molecule has 0 heterocycles. The maximum Gasteiger partial charge on any atom is 0.0602 e. The lowest BCUT2D eigenvalue weighted by Crippen LogP contribution is -2.56. The molecule has 196 valence electrons. The lowest BCUT2D eigenvalue weighted by atomic mass is 9.46. The van der Waals surface area contributed by atoms with Gasteiger partial charge in [-0.2, -0.15) is 0 Å². The van der Waals surface area contributed by atoms with E-state index in [0.29, 0.717) is 11.8 Å². The third-order valence-corrected chi connectivity index (χ3v) is 13.7.